The minimum Gasteiger partial charge on any atom is -0.481 e. The number of piperidine rings is 1. The minimum absolute atomic E-state index is 0.110. The van der Waals surface area contributed by atoms with Gasteiger partial charge in [0.2, 0.25) is 0 Å². The molecular formula is C18H27NO2. The zero-order chi connectivity index (χ0) is 15.4. The van der Waals surface area contributed by atoms with Crippen LogP contribution >= 0.6 is 0 Å². The first-order valence-corrected chi connectivity index (χ1v) is 8.01. The molecule has 1 heterocycles. The molecule has 1 N–H and O–H groups in total. The van der Waals surface area contributed by atoms with Crippen LogP contribution in [0.1, 0.15) is 49.3 Å². The summed E-state index contributed by atoms with van der Waals surface area (Å²) in [6, 6.07) is 7.07. The smallest absolute Gasteiger partial charge is 0.304 e. The van der Waals surface area contributed by atoms with Gasteiger partial charge in [-0.25, -0.2) is 0 Å². The van der Waals surface area contributed by atoms with E-state index in [-0.39, 0.29) is 12.5 Å². The third-order valence-electron chi connectivity index (χ3n) is 4.69. The predicted molar refractivity (Wildman–Crippen MR) is 85.7 cm³/mol. The van der Waals surface area contributed by atoms with Gasteiger partial charge in [-0.3, -0.25) is 9.69 Å². The maximum atomic E-state index is 11.3. The fourth-order valence-electron chi connectivity index (χ4n) is 3.45. The Hall–Kier alpha value is -1.35. The van der Waals surface area contributed by atoms with Crippen LogP contribution in [0.15, 0.2) is 18.2 Å². The van der Waals surface area contributed by atoms with Crippen molar-refractivity contribution < 1.29 is 9.90 Å². The van der Waals surface area contributed by atoms with Crippen molar-refractivity contribution in [3.8, 4) is 0 Å². The average Bonchev–Trinajstić information content (AvgIpc) is 2.42. The van der Waals surface area contributed by atoms with Gasteiger partial charge in [-0.05, 0) is 57.7 Å². The molecule has 21 heavy (non-hydrogen) atoms. The number of hydrogen-bond donors (Lipinski definition) is 1. The van der Waals surface area contributed by atoms with Crippen molar-refractivity contribution in [3.63, 3.8) is 0 Å². The number of benzene rings is 1. The Morgan fingerprint density at radius 1 is 1.38 bits per heavy atom. The number of carboxylic acid groups (broad SMARTS) is 1. The molecule has 2 atom stereocenters. The van der Waals surface area contributed by atoms with E-state index in [1.807, 2.05) is 0 Å². The van der Waals surface area contributed by atoms with E-state index in [4.69, 9.17) is 0 Å². The van der Waals surface area contributed by atoms with E-state index in [9.17, 15) is 9.90 Å². The lowest BCUT2D eigenvalue weighted by Gasteiger charge is -2.39. The van der Waals surface area contributed by atoms with Gasteiger partial charge < -0.3 is 5.11 Å². The van der Waals surface area contributed by atoms with Gasteiger partial charge in [-0.15, -0.1) is 0 Å². The summed E-state index contributed by atoms with van der Waals surface area (Å²) in [6.07, 6.45) is 4.71. The molecule has 3 heteroatoms. The van der Waals surface area contributed by atoms with Gasteiger partial charge in [0.05, 0.1) is 6.42 Å². The molecule has 0 saturated carbocycles. The first-order valence-electron chi connectivity index (χ1n) is 8.01. The Morgan fingerprint density at radius 3 is 2.81 bits per heavy atom. The lowest BCUT2D eigenvalue weighted by molar-refractivity contribution is -0.138. The summed E-state index contributed by atoms with van der Waals surface area (Å²) >= 11 is 0. The van der Waals surface area contributed by atoms with E-state index in [2.05, 4.69) is 43.9 Å². The van der Waals surface area contributed by atoms with E-state index in [0.717, 1.165) is 13.0 Å². The molecule has 0 amide bonds. The molecule has 0 aliphatic carbocycles. The number of hydrogen-bond acceptors (Lipinski definition) is 2. The van der Waals surface area contributed by atoms with E-state index in [1.54, 1.807) is 0 Å². The third-order valence-corrected chi connectivity index (χ3v) is 4.69. The van der Waals surface area contributed by atoms with Crippen molar-refractivity contribution in [3.05, 3.63) is 34.9 Å². The van der Waals surface area contributed by atoms with Crippen LogP contribution in [0.4, 0.5) is 0 Å². The topological polar surface area (TPSA) is 40.5 Å². The molecule has 3 nitrogen and oxygen atoms in total. The van der Waals surface area contributed by atoms with E-state index in [1.165, 1.54) is 36.0 Å². The van der Waals surface area contributed by atoms with Crippen LogP contribution in [0.3, 0.4) is 0 Å². The molecule has 1 saturated heterocycles. The molecule has 1 aromatic rings. The molecule has 116 valence electrons. The predicted octanol–water partition coefficient (Wildman–Crippen LogP) is 3.56. The second-order valence-electron chi connectivity index (χ2n) is 6.47. The first kappa shape index (κ1) is 16.0. The second kappa shape index (κ2) is 7.08. The normalized spacial score (nSPS) is 21.2. The lowest BCUT2D eigenvalue weighted by Crippen LogP contribution is -2.46. The zero-order valence-electron chi connectivity index (χ0n) is 13.4. The molecule has 0 spiro atoms. The van der Waals surface area contributed by atoms with Gasteiger partial charge >= 0.3 is 5.97 Å². The Kier molecular flexibility index (Phi) is 5.40. The Bertz CT molecular complexity index is 498. The standard InChI is InChI=1S/C18H27NO2/c1-13-7-8-14(2)16(10-13)11-17(12-18(20)21)19-9-5-4-6-15(19)3/h7-8,10,15,17H,4-6,9,11-12H2,1-3H3,(H,20,21). The highest BCUT2D eigenvalue weighted by molar-refractivity contribution is 5.67. The maximum absolute atomic E-state index is 11.3. The molecule has 0 radical (unpaired) electrons. The van der Waals surface area contributed by atoms with Crippen LogP contribution < -0.4 is 0 Å². The summed E-state index contributed by atoms with van der Waals surface area (Å²) in [7, 11) is 0. The van der Waals surface area contributed by atoms with E-state index >= 15 is 0 Å². The third kappa shape index (κ3) is 4.31. The lowest BCUT2D eigenvalue weighted by atomic mass is 9.93. The fraction of sp³-hybridized carbons (Fsp3) is 0.611. The number of rotatable bonds is 5. The Labute approximate surface area is 128 Å². The van der Waals surface area contributed by atoms with Crippen molar-refractivity contribution in [2.45, 2.75) is 65.0 Å². The van der Waals surface area contributed by atoms with Gasteiger partial charge in [0, 0.05) is 12.1 Å². The van der Waals surface area contributed by atoms with Crippen molar-refractivity contribution in [2.24, 2.45) is 0 Å². The largest absolute Gasteiger partial charge is 0.481 e. The number of aliphatic carboxylic acids is 1. The monoisotopic (exact) mass is 289 g/mol. The summed E-state index contributed by atoms with van der Waals surface area (Å²) in [5, 5.41) is 9.28. The minimum atomic E-state index is -0.692. The molecule has 1 aliphatic heterocycles. The summed E-state index contributed by atoms with van der Waals surface area (Å²) in [5.41, 5.74) is 3.80. The summed E-state index contributed by atoms with van der Waals surface area (Å²) in [6.45, 7) is 7.48. The summed E-state index contributed by atoms with van der Waals surface area (Å²) in [5.74, 6) is -0.692. The van der Waals surface area contributed by atoms with Crippen LogP contribution in [-0.2, 0) is 11.2 Å². The van der Waals surface area contributed by atoms with E-state index < -0.39 is 5.97 Å². The number of aryl methyl sites for hydroxylation is 2. The van der Waals surface area contributed by atoms with Crippen LogP contribution in [0.2, 0.25) is 0 Å². The molecule has 0 aromatic heterocycles. The van der Waals surface area contributed by atoms with Crippen molar-refractivity contribution >= 4 is 5.97 Å². The Morgan fingerprint density at radius 2 is 2.14 bits per heavy atom. The molecule has 2 unspecified atom stereocenters. The SMILES string of the molecule is Cc1ccc(C)c(CC(CC(=O)O)N2CCCCC2C)c1. The Balaban J connectivity index is 2.19. The quantitative estimate of drug-likeness (QED) is 0.901. The fourth-order valence-corrected chi connectivity index (χ4v) is 3.45. The highest BCUT2D eigenvalue weighted by atomic mass is 16.4. The first-order chi connectivity index (χ1) is 9.97. The summed E-state index contributed by atoms with van der Waals surface area (Å²) in [4.78, 5) is 13.7. The van der Waals surface area contributed by atoms with Crippen LogP contribution in [0.5, 0.6) is 0 Å². The van der Waals surface area contributed by atoms with Crippen LogP contribution in [-0.4, -0.2) is 34.6 Å². The molecule has 2 rings (SSSR count). The summed E-state index contributed by atoms with van der Waals surface area (Å²) < 4.78 is 0. The van der Waals surface area contributed by atoms with Crippen LogP contribution in [0.25, 0.3) is 0 Å². The highest BCUT2D eigenvalue weighted by Crippen LogP contribution is 2.24. The zero-order valence-corrected chi connectivity index (χ0v) is 13.4. The average molecular weight is 289 g/mol. The number of nitrogens with zero attached hydrogens (tertiary/aromatic N) is 1. The molecule has 0 bridgehead atoms. The number of carbonyl (C=O) groups is 1. The van der Waals surface area contributed by atoms with Gasteiger partial charge in [0.15, 0.2) is 0 Å². The number of likely N-dealkylation sites (tertiary alicyclic amines) is 1. The van der Waals surface area contributed by atoms with Crippen molar-refractivity contribution in [1.29, 1.82) is 0 Å². The molecule has 1 fully saturated rings. The van der Waals surface area contributed by atoms with Crippen molar-refractivity contribution in [1.82, 2.24) is 4.90 Å². The molecular weight excluding hydrogens is 262 g/mol. The molecule has 1 aliphatic rings. The highest BCUT2D eigenvalue weighted by Gasteiger charge is 2.28. The second-order valence-corrected chi connectivity index (χ2v) is 6.47. The van der Waals surface area contributed by atoms with Crippen molar-refractivity contribution in [2.75, 3.05) is 6.54 Å². The van der Waals surface area contributed by atoms with Gasteiger partial charge in [-0.2, -0.15) is 0 Å². The van der Waals surface area contributed by atoms with Gasteiger partial charge in [0.25, 0.3) is 0 Å². The number of carboxylic acids is 1. The van der Waals surface area contributed by atoms with Gasteiger partial charge in [0.1, 0.15) is 0 Å². The maximum Gasteiger partial charge on any atom is 0.304 e. The van der Waals surface area contributed by atoms with E-state index in [0.29, 0.717) is 6.04 Å². The van der Waals surface area contributed by atoms with Gasteiger partial charge in [-0.1, -0.05) is 30.2 Å². The van der Waals surface area contributed by atoms with Crippen LogP contribution in [0, 0.1) is 13.8 Å². The molecule has 1 aromatic carbocycles.